The Morgan fingerprint density at radius 2 is 1.88 bits per heavy atom. The van der Waals surface area contributed by atoms with Gasteiger partial charge in [0.05, 0.1) is 42.2 Å². The zero-order valence-corrected chi connectivity index (χ0v) is 23.1. The zero-order valence-electron chi connectivity index (χ0n) is 22.3. The summed E-state index contributed by atoms with van der Waals surface area (Å²) in [4.78, 5) is 43.9. The maximum Gasteiger partial charge on any atom is 0.338 e. The summed E-state index contributed by atoms with van der Waals surface area (Å²) in [7, 11) is 2.87. The second kappa shape index (κ2) is 11.2. The molecule has 4 aromatic rings. The van der Waals surface area contributed by atoms with Crippen LogP contribution in [0.25, 0.3) is 17.4 Å². The molecule has 1 atom stereocenters. The van der Waals surface area contributed by atoms with Gasteiger partial charge in [-0.3, -0.25) is 9.36 Å². The molecule has 0 saturated carbocycles. The summed E-state index contributed by atoms with van der Waals surface area (Å²) in [6, 6.07) is 16.8. The summed E-state index contributed by atoms with van der Waals surface area (Å²) >= 11 is 1.19. The van der Waals surface area contributed by atoms with E-state index in [1.165, 1.54) is 23.0 Å². The normalized spacial score (nSPS) is 14.9. The van der Waals surface area contributed by atoms with E-state index in [9.17, 15) is 14.4 Å². The molecule has 40 heavy (non-hydrogen) atoms. The van der Waals surface area contributed by atoms with Gasteiger partial charge in [-0.1, -0.05) is 41.7 Å². The fourth-order valence-corrected chi connectivity index (χ4v) is 5.64. The molecule has 0 fully saturated rings. The Balaban J connectivity index is 1.62. The van der Waals surface area contributed by atoms with Gasteiger partial charge in [-0.05, 0) is 44.2 Å². The molecule has 0 bridgehead atoms. The molecule has 3 heterocycles. The number of carbonyl (C=O) groups is 2. The van der Waals surface area contributed by atoms with Crippen molar-refractivity contribution in [2.24, 2.45) is 4.99 Å². The number of rotatable bonds is 7. The van der Waals surface area contributed by atoms with Crippen molar-refractivity contribution in [1.29, 1.82) is 0 Å². The molecule has 1 aliphatic heterocycles. The van der Waals surface area contributed by atoms with Crippen LogP contribution in [0.2, 0.25) is 0 Å². The van der Waals surface area contributed by atoms with Crippen molar-refractivity contribution in [1.82, 2.24) is 4.57 Å². The number of hydrogen-bond donors (Lipinski definition) is 0. The Hall–Kier alpha value is -4.70. The van der Waals surface area contributed by atoms with Gasteiger partial charge in [-0.2, -0.15) is 0 Å². The van der Waals surface area contributed by atoms with Crippen LogP contribution in [-0.4, -0.2) is 37.3 Å². The smallest absolute Gasteiger partial charge is 0.338 e. The van der Waals surface area contributed by atoms with Gasteiger partial charge in [0.15, 0.2) is 4.80 Å². The quantitative estimate of drug-likeness (QED) is 0.317. The first-order valence-electron chi connectivity index (χ1n) is 12.5. The first-order chi connectivity index (χ1) is 19.4. The predicted molar refractivity (Wildman–Crippen MR) is 149 cm³/mol. The van der Waals surface area contributed by atoms with Gasteiger partial charge in [-0.25, -0.2) is 14.6 Å². The Morgan fingerprint density at radius 1 is 1.07 bits per heavy atom. The van der Waals surface area contributed by atoms with Crippen LogP contribution >= 0.6 is 11.3 Å². The minimum atomic E-state index is -0.790. The second-order valence-corrected chi connectivity index (χ2v) is 9.83. The highest BCUT2D eigenvalue weighted by molar-refractivity contribution is 7.07. The highest BCUT2D eigenvalue weighted by Gasteiger charge is 2.35. The molecule has 2 aromatic heterocycles. The molecule has 0 amide bonds. The first kappa shape index (κ1) is 26.9. The van der Waals surface area contributed by atoms with Crippen molar-refractivity contribution in [3.05, 3.63) is 109 Å². The van der Waals surface area contributed by atoms with E-state index in [0.29, 0.717) is 49.0 Å². The van der Waals surface area contributed by atoms with Crippen molar-refractivity contribution in [3.63, 3.8) is 0 Å². The van der Waals surface area contributed by atoms with Gasteiger partial charge in [0.25, 0.3) is 5.56 Å². The van der Waals surface area contributed by atoms with E-state index in [-0.39, 0.29) is 17.7 Å². The average molecular weight is 559 g/mol. The molecule has 0 spiro atoms. The molecule has 0 aliphatic carbocycles. The van der Waals surface area contributed by atoms with Crippen LogP contribution in [0.15, 0.2) is 86.1 Å². The second-order valence-electron chi connectivity index (χ2n) is 8.82. The van der Waals surface area contributed by atoms with E-state index in [4.69, 9.17) is 18.6 Å². The average Bonchev–Trinajstić information content (AvgIpc) is 3.56. The minimum Gasteiger partial charge on any atom is -0.496 e. The maximum atomic E-state index is 13.8. The Labute approximate surface area is 233 Å². The summed E-state index contributed by atoms with van der Waals surface area (Å²) in [6.45, 7) is 3.64. The first-order valence-corrected chi connectivity index (χ1v) is 13.3. The highest BCUT2D eigenvalue weighted by Crippen LogP contribution is 2.35. The maximum absolute atomic E-state index is 13.8. The molecule has 5 rings (SSSR count). The van der Waals surface area contributed by atoms with Crippen molar-refractivity contribution < 1.29 is 28.2 Å². The number of aromatic nitrogens is 1. The Bertz CT molecular complexity index is 1830. The summed E-state index contributed by atoms with van der Waals surface area (Å²) < 4.78 is 23.6. The zero-order chi connectivity index (χ0) is 28.4. The van der Waals surface area contributed by atoms with Gasteiger partial charge in [0.2, 0.25) is 0 Å². The van der Waals surface area contributed by atoms with Crippen molar-refractivity contribution in [3.8, 4) is 17.1 Å². The molecule has 204 valence electrons. The Kier molecular flexibility index (Phi) is 7.52. The number of furan rings is 1. The third-order valence-corrected chi connectivity index (χ3v) is 7.40. The molecule has 0 radical (unpaired) electrons. The van der Waals surface area contributed by atoms with E-state index in [1.807, 2.05) is 24.3 Å². The number of esters is 2. The number of thiazole rings is 1. The molecular weight excluding hydrogens is 532 g/mol. The standard InChI is InChI=1S/C30H26N2O7S/c1-5-38-29(35)25-17(2)31-30-32(26(25)21-11-6-7-12-23(21)36-3)27(33)24(40-30)16-20-13-14-22(39-20)18-9-8-10-19(15-18)28(34)37-4/h6-16,26H,5H2,1-4H3/b24-16+/t26-/m1/s1. The molecule has 0 saturated heterocycles. The lowest BCUT2D eigenvalue weighted by Gasteiger charge is -2.25. The number of ether oxygens (including phenoxy) is 3. The van der Waals surface area contributed by atoms with E-state index in [1.54, 1.807) is 63.4 Å². The topological polar surface area (TPSA) is 109 Å². The van der Waals surface area contributed by atoms with Crippen molar-refractivity contribution >= 4 is 29.4 Å². The molecule has 0 unspecified atom stereocenters. The van der Waals surface area contributed by atoms with Gasteiger partial charge < -0.3 is 18.6 Å². The van der Waals surface area contributed by atoms with E-state index in [2.05, 4.69) is 4.99 Å². The number of fused-ring (bicyclic) bond motifs is 1. The number of carbonyl (C=O) groups excluding carboxylic acids is 2. The van der Waals surface area contributed by atoms with Gasteiger partial charge in [0.1, 0.15) is 23.3 Å². The van der Waals surface area contributed by atoms with Gasteiger partial charge in [0, 0.05) is 17.2 Å². The molecule has 9 nitrogen and oxygen atoms in total. The van der Waals surface area contributed by atoms with Crippen LogP contribution in [0.5, 0.6) is 5.75 Å². The summed E-state index contributed by atoms with van der Waals surface area (Å²) in [5.41, 5.74) is 2.13. The number of nitrogens with zero attached hydrogens (tertiary/aromatic N) is 2. The van der Waals surface area contributed by atoms with E-state index in [0.717, 1.165) is 0 Å². The number of allylic oxidation sites excluding steroid dienone is 1. The number of para-hydroxylation sites is 1. The van der Waals surface area contributed by atoms with E-state index >= 15 is 0 Å². The molecule has 0 N–H and O–H groups in total. The highest BCUT2D eigenvalue weighted by atomic mass is 32.1. The number of hydrogen-bond acceptors (Lipinski definition) is 9. The van der Waals surface area contributed by atoms with E-state index < -0.39 is 18.0 Å². The monoisotopic (exact) mass is 558 g/mol. The largest absolute Gasteiger partial charge is 0.496 e. The van der Waals surface area contributed by atoms with Gasteiger partial charge >= 0.3 is 11.9 Å². The van der Waals surface area contributed by atoms with Gasteiger partial charge in [-0.15, -0.1) is 0 Å². The molecule has 10 heteroatoms. The number of benzene rings is 2. The molecular formula is C30H26N2O7S. The molecule has 2 aromatic carbocycles. The fourth-order valence-electron chi connectivity index (χ4n) is 4.61. The van der Waals surface area contributed by atoms with Crippen LogP contribution in [-0.2, 0) is 14.3 Å². The minimum absolute atomic E-state index is 0.183. The summed E-state index contributed by atoms with van der Waals surface area (Å²) in [5, 5.41) is 0. The lowest BCUT2D eigenvalue weighted by Crippen LogP contribution is -2.40. The predicted octanol–water partition coefficient (Wildman–Crippen LogP) is 3.85. The fraction of sp³-hybridized carbons (Fsp3) is 0.200. The summed E-state index contributed by atoms with van der Waals surface area (Å²) in [6.07, 6.45) is 1.64. The lowest BCUT2D eigenvalue weighted by atomic mass is 9.95. The number of methoxy groups -OCH3 is 2. The van der Waals surface area contributed by atoms with Crippen LogP contribution in [0.3, 0.4) is 0 Å². The third kappa shape index (κ3) is 4.89. The van der Waals surface area contributed by atoms with Crippen molar-refractivity contribution in [2.75, 3.05) is 20.8 Å². The van der Waals surface area contributed by atoms with Crippen LogP contribution < -0.4 is 19.6 Å². The Morgan fingerprint density at radius 3 is 2.62 bits per heavy atom. The lowest BCUT2D eigenvalue weighted by molar-refractivity contribution is -0.139. The SMILES string of the molecule is CCOC(=O)C1=C(C)N=c2s/c(=C/c3ccc(-c4cccc(C(=O)OC)c4)o3)c(=O)n2[C@@H]1c1ccccc1OC. The van der Waals surface area contributed by atoms with Crippen LogP contribution in [0, 0.1) is 0 Å². The molecule has 1 aliphatic rings. The summed E-state index contributed by atoms with van der Waals surface area (Å²) in [5.74, 6) is 0.509. The van der Waals surface area contributed by atoms with Crippen LogP contribution in [0.4, 0.5) is 0 Å². The van der Waals surface area contributed by atoms with Crippen molar-refractivity contribution in [2.45, 2.75) is 19.9 Å². The van der Waals surface area contributed by atoms with Crippen LogP contribution in [0.1, 0.15) is 41.6 Å². The third-order valence-electron chi connectivity index (χ3n) is 6.42.